The molecule has 2 rings (SSSR count). The number of allylic oxidation sites excluding steroid dienone is 4. The van der Waals surface area contributed by atoms with Crippen molar-refractivity contribution in [3.8, 4) is 0 Å². The van der Waals surface area contributed by atoms with Gasteiger partial charge >= 0.3 is 0 Å². The third-order valence-electron chi connectivity index (χ3n) is 3.44. The third-order valence-corrected chi connectivity index (χ3v) is 3.44. The molecule has 0 amide bonds. The largest absolute Gasteiger partial charge is 0.372 e. The normalized spacial score (nSPS) is 23.4. The van der Waals surface area contributed by atoms with Crippen LogP contribution in [0.25, 0.3) is 0 Å². The third kappa shape index (κ3) is 2.63. The fourth-order valence-electron chi connectivity index (χ4n) is 2.38. The van der Waals surface area contributed by atoms with Crippen molar-refractivity contribution in [3.63, 3.8) is 0 Å². The van der Waals surface area contributed by atoms with Gasteiger partial charge in [-0.15, -0.1) is 0 Å². The highest BCUT2D eigenvalue weighted by molar-refractivity contribution is 5.17. The number of hydrogen-bond acceptors (Lipinski definition) is 2. The summed E-state index contributed by atoms with van der Waals surface area (Å²) in [4.78, 5) is 5.12. The van der Waals surface area contributed by atoms with E-state index in [1.165, 1.54) is 39.0 Å². The fourth-order valence-corrected chi connectivity index (χ4v) is 2.38. The lowest BCUT2D eigenvalue weighted by atomic mass is 10.1. The van der Waals surface area contributed by atoms with Gasteiger partial charge in [0.1, 0.15) is 0 Å². The standard InChI is InChI=1S/C13H22N2/c1-12(2)14-8-10-15(11-9-14)13-6-4-3-5-7-13/h3-4,6,12H,5,7-11H2,1-2H3. The Hall–Kier alpha value is -0.760. The number of rotatable bonds is 2. The van der Waals surface area contributed by atoms with E-state index in [0.29, 0.717) is 6.04 Å². The van der Waals surface area contributed by atoms with Crippen LogP contribution in [0.1, 0.15) is 26.7 Å². The van der Waals surface area contributed by atoms with E-state index in [1.54, 1.807) is 5.70 Å². The Kier molecular flexibility index (Phi) is 3.47. The molecule has 0 atom stereocenters. The van der Waals surface area contributed by atoms with Gasteiger partial charge in [-0.25, -0.2) is 0 Å². The molecule has 0 unspecified atom stereocenters. The Morgan fingerprint density at radius 3 is 2.40 bits per heavy atom. The Bertz CT molecular complexity index is 258. The predicted molar refractivity (Wildman–Crippen MR) is 64.7 cm³/mol. The zero-order chi connectivity index (χ0) is 10.7. The first-order valence-corrected chi connectivity index (χ1v) is 6.12. The van der Waals surface area contributed by atoms with Gasteiger partial charge in [0, 0.05) is 37.9 Å². The first-order valence-electron chi connectivity index (χ1n) is 6.12. The second-order valence-electron chi connectivity index (χ2n) is 4.74. The van der Waals surface area contributed by atoms with E-state index in [9.17, 15) is 0 Å². The molecule has 1 aliphatic heterocycles. The monoisotopic (exact) mass is 206 g/mol. The molecule has 0 aromatic heterocycles. The Morgan fingerprint density at radius 2 is 1.87 bits per heavy atom. The SMILES string of the molecule is CC(C)N1CCN(C2=CC=CCC2)CC1. The molecule has 0 aromatic rings. The summed E-state index contributed by atoms with van der Waals surface area (Å²) in [6.45, 7) is 9.43. The van der Waals surface area contributed by atoms with E-state index >= 15 is 0 Å². The first kappa shape index (κ1) is 10.7. The molecular weight excluding hydrogens is 184 g/mol. The van der Waals surface area contributed by atoms with Gasteiger partial charge in [0.25, 0.3) is 0 Å². The van der Waals surface area contributed by atoms with Gasteiger partial charge in [-0.2, -0.15) is 0 Å². The summed E-state index contributed by atoms with van der Waals surface area (Å²) < 4.78 is 0. The van der Waals surface area contributed by atoms with Gasteiger partial charge in [0.05, 0.1) is 0 Å². The molecule has 0 spiro atoms. The predicted octanol–water partition coefficient (Wildman–Crippen LogP) is 2.25. The molecule has 1 saturated heterocycles. The van der Waals surface area contributed by atoms with Crippen molar-refractivity contribution in [3.05, 3.63) is 23.9 Å². The highest BCUT2D eigenvalue weighted by atomic mass is 15.3. The quantitative estimate of drug-likeness (QED) is 0.683. The van der Waals surface area contributed by atoms with Gasteiger partial charge in [-0.05, 0) is 32.8 Å². The van der Waals surface area contributed by atoms with E-state index in [2.05, 4.69) is 41.9 Å². The molecule has 0 radical (unpaired) electrons. The summed E-state index contributed by atoms with van der Waals surface area (Å²) in [6.07, 6.45) is 9.20. The van der Waals surface area contributed by atoms with Crippen molar-refractivity contribution >= 4 is 0 Å². The molecule has 1 aliphatic carbocycles. The number of hydrogen-bond donors (Lipinski definition) is 0. The second-order valence-corrected chi connectivity index (χ2v) is 4.74. The maximum Gasteiger partial charge on any atom is 0.0303 e. The van der Waals surface area contributed by atoms with Crippen LogP contribution >= 0.6 is 0 Å². The first-order chi connectivity index (χ1) is 7.27. The summed E-state index contributed by atoms with van der Waals surface area (Å²) in [5.41, 5.74) is 1.54. The minimum absolute atomic E-state index is 0.701. The van der Waals surface area contributed by atoms with Gasteiger partial charge in [-0.1, -0.05) is 12.2 Å². The van der Waals surface area contributed by atoms with Gasteiger partial charge in [0.2, 0.25) is 0 Å². The van der Waals surface area contributed by atoms with Crippen LogP contribution in [-0.2, 0) is 0 Å². The van der Waals surface area contributed by atoms with Crippen LogP contribution in [0.5, 0.6) is 0 Å². The highest BCUT2D eigenvalue weighted by Gasteiger charge is 2.19. The molecule has 1 heterocycles. The van der Waals surface area contributed by atoms with Crippen LogP contribution in [0.3, 0.4) is 0 Å². The van der Waals surface area contributed by atoms with Crippen LogP contribution in [0.15, 0.2) is 23.9 Å². The lowest BCUT2D eigenvalue weighted by molar-refractivity contribution is 0.127. The van der Waals surface area contributed by atoms with Crippen molar-refractivity contribution in [1.29, 1.82) is 0 Å². The van der Waals surface area contributed by atoms with Crippen molar-refractivity contribution in [2.75, 3.05) is 26.2 Å². The Balaban J connectivity index is 1.87. The smallest absolute Gasteiger partial charge is 0.0303 e. The summed E-state index contributed by atoms with van der Waals surface area (Å²) in [7, 11) is 0. The zero-order valence-electron chi connectivity index (χ0n) is 9.95. The molecule has 2 aliphatic rings. The van der Waals surface area contributed by atoms with Crippen LogP contribution < -0.4 is 0 Å². The molecular formula is C13H22N2. The number of nitrogens with zero attached hydrogens (tertiary/aromatic N) is 2. The topological polar surface area (TPSA) is 6.48 Å². The van der Waals surface area contributed by atoms with Crippen molar-refractivity contribution in [2.45, 2.75) is 32.7 Å². The lowest BCUT2D eigenvalue weighted by Gasteiger charge is -2.39. The average molecular weight is 206 g/mol. The van der Waals surface area contributed by atoms with E-state index in [0.717, 1.165) is 0 Å². The fraction of sp³-hybridized carbons (Fsp3) is 0.692. The molecule has 15 heavy (non-hydrogen) atoms. The van der Waals surface area contributed by atoms with E-state index in [4.69, 9.17) is 0 Å². The molecule has 2 nitrogen and oxygen atoms in total. The van der Waals surface area contributed by atoms with Crippen LogP contribution in [-0.4, -0.2) is 42.0 Å². The summed E-state index contributed by atoms with van der Waals surface area (Å²) in [5, 5.41) is 0. The Morgan fingerprint density at radius 1 is 1.13 bits per heavy atom. The van der Waals surface area contributed by atoms with Crippen molar-refractivity contribution in [1.82, 2.24) is 9.80 Å². The minimum Gasteiger partial charge on any atom is -0.372 e. The molecule has 1 fully saturated rings. The minimum atomic E-state index is 0.701. The van der Waals surface area contributed by atoms with E-state index < -0.39 is 0 Å². The van der Waals surface area contributed by atoms with E-state index in [1.807, 2.05) is 0 Å². The summed E-state index contributed by atoms with van der Waals surface area (Å²) in [5.74, 6) is 0. The summed E-state index contributed by atoms with van der Waals surface area (Å²) in [6, 6.07) is 0.701. The molecule has 84 valence electrons. The van der Waals surface area contributed by atoms with Crippen LogP contribution in [0.2, 0.25) is 0 Å². The van der Waals surface area contributed by atoms with Crippen molar-refractivity contribution in [2.24, 2.45) is 0 Å². The molecule has 0 N–H and O–H groups in total. The van der Waals surface area contributed by atoms with Crippen LogP contribution in [0, 0.1) is 0 Å². The molecule has 0 bridgehead atoms. The average Bonchev–Trinajstić information content (AvgIpc) is 2.30. The van der Waals surface area contributed by atoms with E-state index in [-0.39, 0.29) is 0 Å². The van der Waals surface area contributed by atoms with Crippen molar-refractivity contribution < 1.29 is 0 Å². The lowest BCUT2D eigenvalue weighted by Crippen LogP contribution is -2.48. The van der Waals surface area contributed by atoms with Gasteiger partial charge < -0.3 is 4.90 Å². The highest BCUT2D eigenvalue weighted by Crippen LogP contribution is 2.18. The zero-order valence-corrected chi connectivity index (χ0v) is 9.95. The Labute approximate surface area is 93.2 Å². The molecule has 2 heteroatoms. The summed E-state index contributed by atoms with van der Waals surface area (Å²) >= 11 is 0. The van der Waals surface area contributed by atoms with Gasteiger partial charge in [0.15, 0.2) is 0 Å². The second kappa shape index (κ2) is 4.84. The maximum atomic E-state index is 2.57. The van der Waals surface area contributed by atoms with Gasteiger partial charge in [-0.3, -0.25) is 4.90 Å². The van der Waals surface area contributed by atoms with Crippen LogP contribution in [0.4, 0.5) is 0 Å². The number of piperazine rings is 1. The molecule has 0 saturated carbocycles. The maximum absolute atomic E-state index is 2.57. The molecule has 0 aromatic carbocycles.